The minimum atomic E-state index is 0.910. The topological polar surface area (TPSA) is 9.23 Å². The van der Waals surface area contributed by atoms with E-state index in [-0.39, 0.29) is 0 Å². The van der Waals surface area contributed by atoms with Crippen LogP contribution in [-0.4, -0.2) is 13.7 Å². The van der Waals surface area contributed by atoms with Crippen molar-refractivity contribution in [3.8, 4) is 0 Å². The summed E-state index contributed by atoms with van der Waals surface area (Å²) >= 11 is 3.92. The van der Waals surface area contributed by atoms with Crippen molar-refractivity contribution in [3.05, 3.63) is 47.5 Å². The van der Waals surface area contributed by atoms with Crippen LogP contribution in [0.3, 0.4) is 0 Å². The second-order valence-corrected chi connectivity index (χ2v) is 9.66. The Morgan fingerprint density at radius 2 is 1.37 bits per heavy atom. The first kappa shape index (κ1) is 18.9. The molecule has 2 aromatic carbocycles. The summed E-state index contributed by atoms with van der Waals surface area (Å²) in [5, 5.41) is 2.87. The molecule has 0 aliphatic carbocycles. The van der Waals surface area contributed by atoms with E-state index in [4.69, 9.17) is 4.74 Å². The number of unbranched alkanes of at least 4 members (excludes halogenated alkanes) is 5. The van der Waals surface area contributed by atoms with E-state index in [9.17, 15) is 0 Å². The lowest BCUT2D eigenvalue weighted by atomic mass is 10.0. The second kappa shape index (κ2) is 8.72. The molecular formula is C24H28OS2. The Morgan fingerprint density at radius 3 is 2.11 bits per heavy atom. The summed E-state index contributed by atoms with van der Waals surface area (Å²) in [5.74, 6) is 0. The maximum atomic E-state index is 5.11. The zero-order valence-electron chi connectivity index (χ0n) is 16.3. The maximum Gasteiger partial charge on any atom is 0.0542 e. The van der Waals surface area contributed by atoms with Crippen molar-refractivity contribution >= 4 is 52.2 Å². The van der Waals surface area contributed by atoms with Gasteiger partial charge in [0.1, 0.15) is 0 Å². The van der Waals surface area contributed by atoms with Gasteiger partial charge in [-0.15, -0.1) is 22.7 Å². The van der Waals surface area contributed by atoms with Crippen molar-refractivity contribution in [2.24, 2.45) is 0 Å². The van der Waals surface area contributed by atoms with E-state index in [1.807, 2.05) is 22.7 Å². The average Bonchev–Trinajstić information content (AvgIpc) is 3.18. The third kappa shape index (κ3) is 4.21. The Hall–Kier alpha value is -1.42. The van der Waals surface area contributed by atoms with Gasteiger partial charge >= 0.3 is 0 Å². The molecule has 0 saturated heterocycles. The fourth-order valence-corrected chi connectivity index (χ4v) is 6.66. The van der Waals surface area contributed by atoms with E-state index in [1.165, 1.54) is 85.6 Å². The summed E-state index contributed by atoms with van der Waals surface area (Å²) in [4.78, 5) is 0. The molecule has 0 aliphatic heterocycles. The van der Waals surface area contributed by atoms with Crippen molar-refractivity contribution in [1.29, 1.82) is 0 Å². The minimum Gasteiger partial charge on any atom is -0.385 e. The molecule has 0 radical (unpaired) electrons. The maximum absolute atomic E-state index is 5.11. The Bertz CT molecular complexity index is 1040. The lowest BCUT2D eigenvalue weighted by Crippen LogP contribution is -1.89. The zero-order valence-corrected chi connectivity index (χ0v) is 18.0. The molecule has 2 aromatic heterocycles. The largest absolute Gasteiger partial charge is 0.385 e. The van der Waals surface area contributed by atoms with Crippen molar-refractivity contribution < 1.29 is 4.74 Å². The van der Waals surface area contributed by atoms with Crippen LogP contribution < -0.4 is 0 Å². The van der Waals surface area contributed by atoms with E-state index < -0.39 is 0 Å². The highest BCUT2D eigenvalue weighted by molar-refractivity contribution is 7.36. The van der Waals surface area contributed by atoms with Gasteiger partial charge < -0.3 is 4.74 Å². The predicted octanol–water partition coefficient (Wildman–Crippen LogP) is 8.11. The van der Waals surface area contributed by atoms with Crippen LogP contribution in [0, 0.1) is 6.92 Å². The molecule has 27 heavy (non-hydrogen) atoms. The lowest BCUT2D eigenvalue weighted by Gasteiger charge is -2.03. The van der Waals surface area contributed by atoms with Crippen LogP contribution in [0.15, 0.2) is 36.4 Å². The fraction of sp³-hybridized carbons (Fsp3) is 0.417. The number of fused-ring (bicyclic) bond motifs is 5. The van der Waals surface area contributed by atoms with Crippen LogP contribution >= 0.6 is 22.7 Å². The monoisotopic (exact) mass is 396 g/mol. The number of thiophene rings is 2. The fourth-order valence-electron chi connectivity index (χ4n) is 3.85. The van der Waals surface area contributed by atoms with Gasteiger partial charge in [-0.1, -0.05) is 49.9 Å². The van der Waals surface area contributed by atoms with Crippen molar-refractivity contribution in [3.63, 3.8) is 0 Å². The first-order valence-electron chi connectivity index (χ1n) is 10.1. The van der Waals surface area contributed by atoms with E-state index in [1.54, 1.807) is 7.11 Å². The van der Waals surface area contributed by atoms with Crippen molar-refractivity contribution in [2.75, 3.05) is 13.7 Å². The van der Waals surface area contributed by atoms with Crippen LogP contribution in [0.25, 0.3) is 29.6 Å². The molecule has 3 heteroatoms. The molecule has 0 saturated carbocycles. The minimum absolute atomic E-state index is 0.910. The number of hydrogen-bond acceptors (Lipinski definition) is 3. The third-order valence-electron chi connectivity index (χ3n) is 5.37. The molecule has 0 spiro atoms. The molecule has 0 amide bonds. The molecule has 4 rings (SSSR count). The molecule has 2 heterocycles. The third-order valence-corrected chi connectivity index (χ3v) is 7.87. The molecule has 0 N–H and O–H groups in total. The highest BCUT2D eigenvalue weighted by Gasteiger charge is 2.12. The van der Waals surface area contributed by atoms with Gasteiger partial charge in [-0.25, -0.2) is 0 Å². The standard InChI is InChI=1S/C24H28OS2/c1-17-10-12-19-21(15-17)26-24-20-13-11-18(16-22(20)27-23(19)24)9-7-5-3-4-6-8-14-25-2/h10-13,15-16H,3-9,14H2,1-2H3. The summed E-state index contributed by atoms with van der Waals surface area (Å²) in [5.41, 5.74) is 2.85. The second-order valence-electron chi connectivity index (χ2n) is 7.56. The number of benzene rings is 2. The summed E-state index contributed by atoms with van der Waals surface area (Å²) in [6.45, 7) is 3.09. The summed E-state index contributed by atoms with van der Waals surface area (Å²) < 4.78 is 10.9. The van der Waals surface area contributed by atoms with E-state index in [0.29, 0.717) is 0 Å². The van der Waals surface area contributed by atoms with Gasteiger partial charge in [0, 0.05) is 33.9 Å². The Labute approximate surface area is 170 Å². The SMILES string of the molecule is COCCCCCCCCc1ccc2c(c1)sc1c3ccc(C)cc3sc21. The highest BCUT2D eigenvalue weighted by Crippen LogP contribution is 2.44. The lowest BCUT2D eigenvalue weighted by molar-refractivity contribution is 0.192. The number of aryl methyl sites for hydroxylation is 2. The highest BCUT2D eigenvalue weighted by atomic mass is 32.1. The quantitative estimate of drug-likeness (QED) is 0.260. The molecule has 0 fully saturated rings. The Balaban J connectivity index is 1.41. The summed E-state index contributed by atoms with van der Waals surface area (Å²) in [7, 11) is 1.79. The molecule has 0 bridgehead atoms. The van der Waals surface area contributed by atoms with Crippen LogP contribution in [0.4, 0.5) is 0 Å². The molecule has 142 valence electrons. The first-order valence-corrected chi connectivity index (χ1v) is 11.7. The Morgan fingerprint density at radius 1 is 0.741 bits per heavy atom. The van der Waals surface area contributed by atoms with Crippen molar-refractivity contribution in [2.45, 2.75) is 51.9 Å². The Kier molecular flexibility index (Phi) is 6.11. The molecule has 1 nitrogen and oxygen atoms in total. The van der Waals surface area contributed by atoms with Gasteiger partial charge in [0.15, 0.2) is 0 Å². The van der Waals surface area contributed by atoms with Crippen LogP contribution in [0.2, 0.25) is 0 Å². The molecular weight excluding hydrogens is 368 g/mol. The number of methoxy groups -OCH3 is 1. The first-order chi connectivity index (χ1) is 13.3. The van der Waals surface area contributed by atoms with Gasteiger partial charge in [-0.2, -0.15) is 0 Å². The van der Waals surface area contributed by atoms with E-state index >= 15 is 0 Å². The van der Waals surface area contributed by atoms with Crippen LogP contribution in [-0.2, 0) is 11.2 Å². The summed E-state index contributed by atoms with van der Waals surface area (Å²) in [6, 6.07) is 14.0. The molecule has 0 atom stereocenters. The molecule has 0 unspecified atom stereocenters. The van der Waals surface area contributed by atoms with Gasteiger partial charge in [0.25, 0.3) is 0 Å². The number of rotatable bonds is 9. The van der Waals surface area contributed by atoms with Crippen molar-refractivity contribution in [1.82, 2.24) is 0 Å². The van der Waals surface area contributed by atoms with Gasteiger partial charge in [0.05, 0.1) is 9.40 Å². The predicted molar refractivity (Wildman–Crippen MR) is 123 cm³/mol. The normalized spacial score (nSPS) is 11.9. The molecule has 4 aromatic rings. The zero-order chi connectivity index (χ0) is 18.6. The van der Waals surface area contributed by atoms with Crippen LogP contribution in [0.5, 0.6) is 0 Å². The summed E-state index contributed by atoms with van der Waals surface area (Å²) in [6.07, 6.45) is 9.06. The van der Waals surface area contributed by atoms with Crippen LogP contribution in [0.1, 0.15) is 49.7 Å². The van der Waals surface area contributed by atoms with E-state index in [0.717, 1.165) is 6.61 Å². The number of ether oxygens (including phenoxy) is 1. The smallest absolute Gasteiger partial charge is 0.0542 e. The van der Waals surface area contributed by atoms with Gasteiger partial charge in [0.2, 0.25) is 0 Å². The van der Waals surface area contributed by atoms with Gasteiger partial charge in [-0.3, -0.25) is 0 Å². The van der Waals surface area contributed by atoms with E-state index in [2.05, 4.69) is 43.3 Å². The van der Waals surface area contributed by atoms with Gasteiger partial charge in [-0.05, 0) is 49.4 Å². The number of hydrogen-bond donors (Lipinski definition) is 0. The average molecular weight is 397 g/mol. The molecule has 0 aliphatic rings.